The maximum absolute atomic E-state index is 12.9. The second-order valence-corrected chi connectivity index (χ2v) is 6.57. The van der Waals surface area contributed by atoms with E-state index in [1.165, 1.54) is 18.1 Å². The molecule has 0 fully saturated rings. The number of nitrogens with zero attached hydrogens (tertiary/aromatic N) is 4. The Hall–Kier alpha value is -3.07. The molecule has 138 valence electrons. The lowest BCUT2D eigenvalue weighted by atomic mass is 10.0. The molecule has 0 aliphatic carbocycles. The quantitative estimate of drug-likeness (QED) is 0.601. The normalized spacial score (nSPS) is 11.6. The first-order chi connectivity index (χ1) is 13.1. The molecule has 1 N–H and O–H groups in total. The first-order valence-electron chi connectivity index (χ1n) is 8.04. The van der Waals surface area contributed by atoms with Gasteiger partial charge in [-0.2, -0.15) is 4.68 Å². The topological polar surface area (TPSA) is 99.0 Å². The number of hydrogen-bond acceptors (Lipinski definition) is 6. The molecule has 1 heterocycles. The second-order valence-electron chi connectivity index (χ2n) is 5.65. The standard InChI is InChI=1S/C18H16BrN5O3/c1-27-18(26)15(9-12-5-3-2-4-6-12)21-17(25)14-10-13(19)7-8-16(14)24-11-20-22-23-24/h2-8,10-11,15H,9H2,1H3,(H,21,25). The fourth-order valence-electron chi connectivity index (χ4n) is 2.58. The molecule has 1 aromatic heterocycles. The van der Waals surface area contributed by atoms with E-state index < -0.39 is 17.9 Å². The number of aromatic nitrogens is 4. The van der Waals surface area contributed by atoms with Crippen LogP contribution in [0.15, 0.2) is 59.3 Å². The first kappa shape index (κ1) is 18.7. The number of ether oxygens (including phenoxy) is 1. The fourth-order valence-corrected chi connectivity index (χ4v) is 2.94. The number of methoxy groups -OCH3 is 1. The van der Waals surface area contributed by atoms with Crippen molar-refractivity contribution in [1.29, 1.82) is 0 Å². The molecule has 9 heteroatoms. The van der Waals surface area contributed by atoms with Crippen LogP contribution in [0, 0.1) is 0 Å². The Bertz CT molecular complexity index is 931. The number of halogens is 1. The van der Waals surface area contributed by atoms with E-state index in [0.717, 1.165) is 5.56 Å². The largest absolute Gasteiger partial charge is 0.467 e. The van der Waals surface area contributed by atoms with Gasteiger partial charge in [0.05, 0.1) is 18.4 Å². The van der Waals surface area contributed by atoms with Crippen molar-refractivity contribution >= 4 is 27.8 Å². The summed E-state index contributed by atoms with van der Waals surface area (Å²) in [6, 6.07) is 13.7. The average Bonchev–Trinajstić information content (AvgIpc) is 3.22. The molecule has 0 radical (unpaired) electrons. The van der Waals surface area contributed by atoms with E-state index in [0.29, 0.717) is 22.1 Å². The molecule has 0 saturated carbocycles. The van der Waals surface area contributed by atoms with E-state index in [9.17, 15) is 9.59 Å². The highest BCUT2D eigenvalue weighted by Crippen LogP contribution is 2.20. The highest BCUT2D eigenvalue weighted by molar-refractivity contribution is 9.10. The molecular weight excluding hydrogens is 414 g/mol. The van der Waals surface area contributed by atoms with Crippen molar-refractivity contribution in [2.24, 2.45) is 0 Å². The van der Waals surface area contributed by atoms with Crippen LogP contribution in [0.5, 0.6) is 0 Å². The van der Waals surface area contributed by atoms with Gasteiger partial charge in [0.15, 0.2) is 0 Å². The molecule has 8 nitrogen and oxygen atoms in total. The Morgan fingerprint density at radius 3 is 2.67 bits per heavy atom. The lowest BCUT2D eigenvalue weighted by Gasteiger charge is -2.18. The van der Waals surface area contributed by atoms with Crippen LogP contribution in [-0.4, -0.2) is 45.2 Å². The van der Waals surface area contributed by atoms with Crippen molar-refractivity contribution in [3.63, 3.8) is 0 Å². The Labute approximate surface area is 163 Å². The zero-order valence-corrected chi connectivity index (χ0v) is 16.0. The van der Waals surface area contributed by atoms with Crippen LogP contribution in [0.1, 0.15) is 15.9 Å². The molecule has 0 aliphatic rings. The minimum Gasteiger partial charge on any atom is -0.467 e. The van der Waals surface area contributed by atoms with Crippen LogP contribution in [0.3, 0.4) is 0 Å². The predicted octanol–water partition coefficient (Wildman–Crippen LogP) is 1.94. The van der Waals surface area contributed by atoms with Crippen LogP contribution in [-0.2, 0) is 16.0 Å². The Morgan fingerprint density at radius 1 is 1.22 bits per heavy atom. The van der Waals surface area contributed by atoms with Gasteiger partial charge in [0.1, 0.15) is 12.4 Å². The number of tetrazole rings is 1. The number of carbonyl (C=O) groups excluding carboxylic acids is 2. The zero-order chi connectivity index (χ0) is 19.2. The molecule has 0 bridgehead atoms. The summed E-state index contributed by atoms with van der Waals surface area (Å²) in [4.78, 5) is 25.1. The summed E-state index contributed by atoms with van der Waals surface area (Å²) < 4.78 is 6.94. The highest BCUT2D eigenvalue weighted by atomic mass is 79.9. The highest BCUT2D eigenvalue weighted by Gasteiger charge is 2.24. The number of carbonyl (C=O) groups is 2. The van der Waals surface area contributed by atoms with Gasteiger partial charge < -0.3 is 10.1 Å². The molecule has 3 aromatic rings. The van der Waals surface area contributed by atoms with Crippen LogP contribution in [0.2, 0.25) is 0 Å². The SMILES string of the molecule is COC(=O)C(Cc1ccccc1)NC(=O)c1cc(Br)ccc1-n1cnnn1. The zero-order valence-electron chi connectivity index (χ0n) is 14.4. The molecule has 1 amide bonds. The van der Waals surface area contributed by atoms with Gasteiger partial charge in [-0.1, -0.05) is 46.3 Å². The number of nitrogens with one attached hydrogen (secondary N) is 1. The maximum atomic E-state index is 12.9. The first-order valence-corrected chi connectivity index (χ1v) is 8.83. The summed E-state index contributed by atoms with van der Waals surface area (Å²) in [6.07, 6.45) is 1.70. The van der Waals surface area contributed by atoms with Gasteiger partial charge in [-0.3, -0.25) is 4.79 Å². The van der Waals surface area contributed by atoms with Crippen molar-refractivity contribution in [2.75, 3.05) is 7.11 Å². The van der Waals surface area contributed by atoms with Gasteiger partial charge in [0, 0.05) is 10.9 Å². The third kappa shape index (κ3) is 4.56. The Balaban J connectivity index is 1.88. The van der Waals surface area contributed by atoms with Crippen molar-refractivity contribution in [2.45, 2.75) is 12.5 Å². The van der Waals surface area contributed by atoms with E-state index in [4.69, 9.17) is 4.74 Å². The summed E-state index contributed by atoms with van der Waals surface area (Å²) in [5, 5.41) is 13.8. The molecule has 3 rings (SSSR count). The van der Waals surface area contributed by atoms with E-state index >= 15 is 0 Å². The minimum atomic E-state index is -0.828. The maximum Gasteiger partial charge on any atom is 0.328 e. The molecule has 1 unspecified atom stereocenters. The molecular formula is C18H16BrN5O3. The van der Waals surface area contributed by atoms with E-state index in [1.807, 2.05) is 30.3 Å². The average molecular weight is 430 g/mol. The van der Waals surface area contributed by atoms with E-state index in [-0.39, 0.29) is 0 Å². The number of hydrogen-bond donors (Lipinski definition) is 1. The summed E-state index contributed by atoms with van der Waals surface area (Å²) in [5.74, 6) is -0.959. The van der Waals surface area contributed by atoms with Gasteiger partial charge in [0.25, 0.3) is 5.91 Å². The third-order valence-electron chi connectivity index (χ3n) is 3.87. The predicted molar refractivity (Wildman–Crippen MR) is 100 cm³/mol. The number of benzene rings is 2. The molecule has 0 saturated heterocycles. The van der Waals surface area contributed by atoms with Crippen LogP contribution < -0.4 is 5.32 Å². The van der Waals surface area contributed by atoms with Crippen molar-refractivity contribution in [1.82, 2.24) is 25.5 Å². The summed E-state index contributed by atoms with van der Waals surface area (Å²) in [6.45, 7) is 0. The number of amides is 1. The fraction of sp³-hybridized carbons (Fsp3) is 0.167. The van der Waals surface area contributed by atoms with Crippen molar-refractivity contribution < 1.29 is 14.3 Å². The molecule has 0 spiro atoms. The monoisotopic (exact) mass is 429 g/mol. The molecule has 1 atom stereocenters. The second kappa shape index (κ2) is 8.54. The lowest BCUT2D eigenvalue weighted by molar-refractivity contribution is -0.142. The summed E-state index contributed by atoms with van der Waals surface area (Å²) >= 11 is 3.36. The molecule has 27 heavy (non-hydrogen) atoms. The van der Waals surface area contributed by atoms with Crippen LogP contribution in [0.25, 0.3) is 5.69 Å². The van der Waals surface area contributed by atoms with Gasteiger partial charge >= 0.3 is 5.97 Å². The van der Waals surface area contributed by atoms with Crippen molar-refractivity contribution in [3.05, 3.63) is 70.5 Å². The molecule has 2 aromatic carbocycles. The Kier molecular flexibility index (Phi) is 5.92. The third-order valence-corrected chi connectivity index (χ3v) is 4.37. The van der Waals surface area contributed by atoms with Crippen LogP contribution in [0.4, 0.5) is 0 Å². The van der Waals surface area contributed by atoms with Gasteiger partial charge in [-0.25, -0.2) is 4.79 Å². The smallest absolute Gasteiger partial charge is 0.328 e. The van der Waals surface area contributed by atoms with Gasteiger partial charge in [-0.15, -0.1) is 5.10 Å². The van der Waals surface area contributed by atoms with Gasteiger partial charge in [-0.05, 0) is 34.2 Å². The molecule has 0 aliphatic heterocycles. The van der Waals surface area contributed by atoms with E-state index in [2.05, 4.69) is 36.8 Å². The van der Waals surface area contributed by atoms with Gasteiger partial charge in [0.2, 0.25) is 0 Å². The lowest BCUT2D eigenvalue weighted by Crippen LogP contribution is -2.43. The Morgan fingerprint density at radius 2 is 2.00 bits per heavy atom. The van der Waals surface area contributed by atoms with E-state index in [1.54, 1.807) is 18.2 Å². The summed E-state index contributed by atoms with van der Waals surface area (Å²) in [7, 11) is 1.29. The number of esters is 1. The summed E-state index contributed by atoms with van der Waals surface area (Å²) in [5.41, 5.74) is 1.71. The number of rotatable bonds is 6. The van der Waals surface area contributed by atoms with Crippen LogP contribution >= 0.6 is 15.9 Å². The minimum absolute atomic E-state index is 0.313. The van der Waals surface area contributed by atoms with Crippen molar-refractivity contribution in [3.8, 4) is 5.69 Å².